The number of furan rings is 1. The molecule has 7 aromatic rings. The van der Waals surface area contributed by atoms with Crippen LogP contribution < -0.4 is 0 Å². The van der Waals surface area contributed by atoms with E-state index in [1.54, 1.807) is 0 Å². The first-order valence-electron chi connectivity index (χ1n) is 12.5. The Kier molecular flexibility index (Phi) is 4.76. The molecule has 4 heteroatoms. The molecule has 37 heavy (non-hydrogen) atoms. The highest BCUT2D eigenvalue weighted by molar-refractivity contribution is 6.10. The van der Waals surface area contributed by atoms with Crippen LogP contribution in [0.15, 0.2) is 101 Å². The van der Waals surface area contributed by atoms with E-state index in [1.165, 1.54) is 11.1 Å². The van der Waals surface area contributed by atoms with Crippen molar-refractivity contribution in [2.45, 2.75) is 20.8 Å². The van der Waals surface area contributed by atoms with Gasteiger partial charge in [0.1, 0.15) is 11.4 Å². The van der Waals surface area contributed by atoms with Crippen molar-refractivity contribution in [1.82, 2.24) is 14.5 Å². The lowest BCUT2D eigenvalue weighted by molar-refractivity contribution is 0.655. The number of benzene rings is 4. The Balaban J connectivity index is 1.52. The van der Waals surface area contributed by atoms with E-state index in [9.17, 15) is 0 Å². The van der Waals surface area contributed by atoms with Gasteiger partial charge < -0.3 is 4.42 Å². The van der Waals surface area contributed by atoms with Gasteiger partial charge in [-0.25, -0.2) is 9.97 Å². The number of nitrogens with zero attached hydrogens (tertiary/aromatic N) is 3. The predicted octanol–water partition coefficient (Wildman–Crippen LogP) is 8.58. The third-order valence-electron chi connectivity index (χ3n) is 7.25. The fraction of sp³-hybridized carbons (Fsp3) is 0.0909. The number of aryl methyl sites for hydroxylation is 3. The van der Waals surface area contributed by atoms with Gasteiger partial charge in [0.25, 0.3) is 0 Å². The van der Waals surface area contributed by atoms with E-state index in [2.05, 4.69) is 110 Å². The van der Waals surface area contributed by atoms with Gasteiger partial charge in [-0.1, -0.05) is 54.6 Å². The summed E-state index contributed by atoms with van der Waals surface area (Å²) in [7, 11) is 0. The maximum atomic E-state index is 6.58. The average molecular weight is 480 g/mol. The molecule has 178 valence electrons. The summed E-state index contributed by atoms with van der Waals surface area (Å²) in [5, 5.41) is 2.10. The highest BCUT2D eigenvalue weighted by Gasteiger charge is 2.21. The number of hydrogen-bond acceptors (Lipinski definition) is 3. The van der Waals surface area contributed by atoms with Gasteiger partial charge in [-0.05, 0) is 79.9 Å². The van der Waals surface area contributed by atoms with Crippen molar-refractivity contribution in [2.75, 3.05) is 0 Å². The zero-order valence-electron chi connectivity index (χ0n) is 21.0. The number of fused-ring (bicyclic) bond motifs is 4. The molecule has 0 unspecified atom stereocenters. The van der Waals surface area contributed by atoms with E-state index < -0.39 is 0 Å². The van der Waals surface area contributed by atoms with Gasteiger partial charge in [0.2, 0.25) is 5.71 Å². The molecule has 0 spiro atoms. The van der Waals surface area contributed by atoms with Crippen LogP contribution in [0, 0.1) is 20.8 Å². The summed E-state index contributed by atoms with van der Waals surface area (Å²) >= 11 is 0. The summed E-state index contributed by atoms with van der Waals surface area (Å²) in [4.78, 5) is 10.1. The molecule has 0 atom stereocenters. The summed E-state index contributed by atoms with van der Waals surface area (Å²) in [6, 6.07) is 33.5. The lowest BCUT2D eigenvalue weighted by Crippen LogP contribution is -1.97. The summed E-state index contributed by atoms with van der Waals surface area (Å²) in [6.45, 7) is 6.38. The summed E-state index contributed by atoms with van der Waals surface area (Å²) in [5.74, 6) is 0.853. The molecule has 3 heterocycles. The molecule has 0 aliphatic heterocycles. The SMILES string of the molecule is Cc1cccc(C)c1-c1ccc2c(n1)oc1c(-c3nc4ccccc4n3-c3ccccc3)ccc(C)c12. The number of pyridine rings is 1. The number of hydrogen-bond donors (Lipinski definition) is 0. The Morgan fingerprint density at radius 2 is 1.41 bits per heavy atom. The van der Waals surface area contributed by atoms with E-state index >= 15 is 0 Å². The topological polar surface area (TPSA) is 43.9 Å². The van der Waals surface area contributed by atoms with Crippen LogP contribution in [0.3, 0.4) is 0 Å². The van der Waals surface area contributed by atoms with E-state index in [0.717, 1.165) is 61.3 Å². The van der Waals surface area contributed by atoms with Crippen LogP contribution >= 0.6 is 0 Å². The molecule has 0 bridgehead atoms. The van der Waals surface area contributed by atoms with Crippen LogP contribution in [0.4, 0.5) is 0 Å². The second-order valence-corrected chi connectivity index (χ2v) is 9.65. The average Bonchev–Trinajstić information content (AvgIpc) is 3.48. The van der Waals surface area contributed by atoms with Crippen molar-refractivity contribution in [1.29, 1.82) is 0 Å². The van der Waals surface area contributed by atoms with Crippen LogP contribution in [0.25, 0.3) is 61.4 Å². The van der Waals surface area contributed by atoms with Crippen molar-refractivity contribution in [3.8, 4) is 28.3 Å². The lowest BCUT2D eigenvalue weighted by Gasteiger charge is -2.10. The van der Waals surface area contributed by atoms with Crippen LogP contribution in [0.5, 0.6) is 0 Å². The first-order chi connectivity index (χ1) is 18.1. The van der Waals surface area contributed by atoms with Crippen LogP contribution in [-0.4, -0.2) is 14.5 Å². The van der Waals surface area contributed by atoms with Crippen molar-refractivity contribution >= 4 is 33.1 Å². The minimum Gasteiger partial charge on any atom is -0.437 e. The summed E-state index contributed by atoms with van der Waals surface area (Å²) in [5.41, 5.74) is 11.1. The van der Waals surface area contributed by atoms with Crippen molar-refractivity contribution in [2.24, 2.45) is 0 Å². The highest BCUT2D eigenvalue weighted by atomic mass is 16.3. The molecular formula is C33H25N3O. The molecule has 0 N–H and O–H groups in total. The standard InChI is InChI=1S/C33H25N3O/c1-20-10-9-11-21(2)29(20)27-19-18-24-30-22(3)16-17-25(31(30)37-33(24)35-27)32-34-26-14-7-8-15-28(26)36(32)23-12-5-4-6-13-23/h4-19H,1-3H3. The minimum absolute atomic E-state index is 0.646. The van der Waals surface area contributed by atoms with Gasteiger partial charge in [-0.2, -0.15) is 0 Å². The highest BCUT2D eigenvalue weighted by Crippen LogP contribution is 2.40. The molecule has 0 aliphatic carbocycles. The first kappa shape index (κ1) is 21.6. The van der Waals surface area contributed by atoms with Crippen molar-refractivity contribution < 1.29 is 4.42 Å². The molecule has 0 aliphatic rings. The molecule has 0 fully saturated rings. The minimum atomic E-state index is 0.646. The second-order valence-electron chi connectivity index (χ2n) is 9.65. The molecule has 0 amide bonds. The third-order valence-corrected chi connectivity index (χ3v) is 7.25. The quantitative estimate of drug-likeness (QED) is 0.255. The number of para-hydroxylation sites is 3. The van der Waals surface area contributed by atoms with Gasteiger partial charge in [-0.15, -0.1) is 0 Å². The molecular weight excluding hydrogens is 454 g/mol. The maximum Gasteiger partial charge on any atom is 0.227 e. The van der Waals surface area contributed by atoms with Gasteiger partial charge in [0.15, 0.2) is 0 Å². The van der Waals surface area contributed by atoms with Gasteiger partial charge in [0, 0.05) is 22.0 Å². The molecule has 3 aromatic heterocycles. The Labute approximate surface area is 214 Å². The smallest absolute Gasteiger partial charge is 0.227 e. The molecule has 4 nitrogen and oxygen atoms in total. The van der Waals surface area contributed by atoms with E-state index in [-0.39, 0.29) is 0 Å². The Bertz CT molecular complexity index is 1940. The third kappa shape index (κ3) is 3.30. The number of imidazole rings is 1. The zero-order valence-corrected chi connectivity index (χ0v) is 21.0. The fourth-order valence-electron chi connectivity index (χ4n) is 5.51. The summed E-state index contributed by atoms with van der Waals surface area (Å²) in [6.07, 6.45) is 0. The van der Waals surface area contributed by atoms with Crippen LogP contribution in [0.1, 0.15) is 16.7 Å². The van der Waals surface area contributed by atoms with Crippen molar-refractivity contribution in [3.05, 3.63) is 114 Å². The molecule has 0 saturated heterocycles. The lowest BCUT2D eigenvalue weighted by atomic mass is 9.99. The van der Waals surface area contributed by atoms with Crippen LogP contribution in [0.2, 0.25) is 0 Å². The normalized spacial score (nSPS) is 11.6. The van der Waals surface area contributed by atoms with Crippen molar-refractivity contribution in [3.63, 3.8) is 0 Å². The Morgan fingerprint density at radius 3 is 2.22 bits per heavy atom. The first-order valence-corrected chi connectivity index (χ1v) is 12.5. The van der Waals surface area contributed by atoms with Gasteiger partial charge >= 0.3 is 0 Å². The predicted molar refractivity (Wildman–Crippen MR) is 151 cm³/mol. The number of aromatic nitrogens is 3. The summed E-state index contributed by atoms with van der Waals surface area (Å²) < 4.78 is 8.79. The van der Waals surface area contributed by atoms with E-state index in [1.807, 2.05) is 12.1 Å². The zero-order chi connectivity index (χ0) is 25.1. The van der Waals surface area contributed by atoms with Gasteiger partial charge in [-0.3, -0.25) is 4.57 Å². The Hall–Kier alpha value is -4.70. The molecule has 7 rings (SSSR count). The second kappa shape index (κ2) is 8.17. The largest absolute Gasteiger partial charge is 0.437 e. The fourth-order valence-corrected chi connectivity index (χ4v) is 5.51. The monoisotopic (exact) mass is 479 g/mol. The van der Waals surface area contributed by atoms with E-state index in [0.29, 0.717) is 5.71 Å². The molecule has 0 radical (unpaired) electrons. The van der Waals surface area contributed by atoms with Crippen LogP contribution in [-0.2, 0) is 0 Å². The number of rotatable bonds is 3. The molecule has 4 aromatic carbocycles. The molecule has 0 saturated carbocycles. The Morgan fingerprint density at radius 1 is 0.649 bits per heavy atom. The van der Waals surface area contributed by atoms with Gasteiger partial charge in [0.05, 0.1) is 22.3 Å². The maximum absolute atomic E-state index is 6.58. The van der Waals surface area contributed by atoms with E-state index in [4.69, 9.17) is 14.4 Å².